The number of hydrogen-bond donors (Lipinski definition) is 3. The molecule has 0 heterocycles. The van der Waals surface area contributed by atoms with Crippen molar-refractivity contribution in [3.63, 3.8) is 0 Å². The van der Waals surface area contributed by atoms with Crippen molar-refractivity contribution < 1.29 is 27.9 Å². The van der Waals surface area contributed by atoms with Gasteiger partial charge >= 0.3 is 0 Å². The maximum absolute atomic E-state index is 13.1. The second-order valence-electron chi connectivity index (χ2n) is 6.40. The molecule has 2 aromatic carbocycles. The van der Waals surface area contributed by atoms with Crippen LogP contribution in [0.5, 0.6) is 5.75 Å². The van der Waals surface area contributed by atoms with Crippen molar-refractivity contribution in [1.82, 2.24) is 10.2 Å². The molecule has 2 rings (SSSR count). The summed E-state index contributed by atoms with van der Waals surface area (Å²) in [5.74, 6) is -2.85. The van der Waals surface area contributed by atoms with Gasteiger partial charge in [-0.05, 0) is 43.4 Å². The number of ether oxygens (including phenoxy) is 1. The number of nitrogens with zero attached hydrogens (tertiary/aromatic N) is 1. The van der Waals surface area contributed by atoms with Crippen LogP contribution in [-0.2, 0) is 14.4 Å². The highest BCUT2D eigenvalue weighted by Crippen LogP contribution is 2.15. The van der Waals surface area contributed by atoms with Gasteiger partial charge in [-0.3, -0.25) is 19.3 Å². The normalized spacial score (nSPS) is 10.4. The lowest BCUT2D eigenvalue weighted by Crippen LogP contribution is -2.41. The maximum atomic E-state index is 13.1. The van der Waals surface area contributed by atoms with Crippen molar-refractivity contribution in [1.29, 1.82) is 0 Å². The van der Waals surface area contributed by atoms with Crippen molar-refractivity contribution in [2.45, 2.75) is 0 Å². The molecule has 0 fully saturated rings. The van der Waals surface area contributed by atoms with Crippen molar-refractivity contribution in [2.75, 3.05) is 44.4 Å². The molecule has 8 nitrogen and oxygen atoms in total. The third kappa shape index (κ3) is 7.47. The van der Waals surface area contributed by atoms with Gasteiger partial charge in [-0.1, -0.05) is 0 Å². The molecule has 0 spiro atoms. The molecule has 0 aromatic heterocycles. The van der Waals surface area contributed by atoms with Crippen LogP contribution in [0.15, 0.2) is 42.5 Å². The van der Waals surface area contributed by atoms with Gasteiger partial charge in [0, 0.05) is 17.4 Å². The van der Waals surface area contributed by atoms with E-state index in [0.717, 1.165) is 12.1 Å². The van der Waals surface area contributed by atoms with Gasteiger partial charge in [-0.25, -0.2) is 8.78 Å². The van der Waals surface area contributed by atoms with E-state index < -0.39 is 23.4 Å². The lowest BCUT2D eigenvalue weighted by atomic mass is 10.3. The number of benzene rings is 2. The van der Waals surface area contributed by atoms with Crippen LogP contribution in [-0.4, -0.2) is 56.4 Å². The molecule has 0 unspecified atom stereocenters. The number of carbonyl (C=O) groups excluding carboxylic acids is 3. The van der Waals surface area contributed by atoms with E-state index in [2.05, 4.69) is 16.0 Å². The zero-order chi connectivity index (χ0) is 22.1. The Morgan fingerprint density at radius 1 is 0.867 bits per heavy atom. The molecule has 0 radical (unpaired) electrons. The molecule has 2 aromatic rings. The third-order valence-electron chi connectivity index (χ3n) is 3.85. The van der Waals surface area contributed by atoms with Crippen molar-refractivity contribution in [3.05, 3.63) is 54.1 Å². The fourth-order valence-electron chi connectivity index (χ4n) is 2.43. The summed E-state index contributed by atoms with van der Waals surface area (Å²) in [7, 11) is 3.12. The molecule has 0 saturated carbocycles. The van der Waals surface area contributed by atoms with Crippen LogP contribution in [0.4, 0.5) is 20.2 Å². The molecule has 10 heteroatoms. The first-order chi connectivity index (χ1) is 14.3. The van der Waals surface area contributed by atoms with Gasteiger partial charge in [0.1, 0.15) is 5.75 Å². The molecule has 0 aliphatic heterocycles. The van der Waals surface area contributed by atoms with Crippen molar-refractivity contribution in [3.8, 4) is 5.75 Å². The first-order valence-corrected chi connectivity index (χ1v) is 8.91. The van der Waals surface area contributed by atoms with Crippen molar-refractivity contribution >= 4 is 29.1 Å². The van der Waals surface area contributed by atoms with Crippen LogP contribution in [0.25, 0.3) is 0 Å². The minimum atomic E-state index is -1.09. The molecule has 0 bridgehead atoms. The average molecular weight is 420 g/mol. The second kappa shape index (κ2) is 10.9. The topological polar surface area (TPSA) is 99.8 Å². The summed E-state index contributed by atoms with van der Waals surface area (Å²) in [5, 5.41) is 7.42. The van der Waals surface area contributed by atoms with Gasteiger partial charge in [0.25, 0.3) is 0 Å². The van der Waals surface area contributed by atoms with Gasteiger partial charge < -0.3 is 20.7 Å². The van der Waals surface area contributed by atoms with E-state index in [9.17, 15) is 23.2 Å². The predicted molar refractivity (Wildman–Crippen MR) is 107 cm³/mol. The number of amides is 3. The Morgan fingerprint density at radius 2 is 1.47 bits per heavy atom. The zero-order valence-corrected chi connectivity index (χ0v) is 16.5. The maximum Gasteiger partial charge on any atom is 0.243 e. The summed E-state index contributed by atoms with van der Waals surface area (Å²) < 4.78 is 31.0. The van der Waals surface area contributed by atoms with Gasteiger partial charge in [0.05, 0.1) is 26.7 Å². The molecule has 160 valence electrons. The number of carbonyl (C=O) groups is 3. The molecule has 30 heavy (non-hydrogen) atoms. The standard InChI is InChI=1S/C20H22F2N4O4/c1-26(12-20(29)24-13-3-6-15(30-2)7-4-13)11-19(28)23-10-18(27)25-14-5-8-16(21)17(22)9-14/h3-9H,10-12H2,1-2H3,(H,23,28)(H,24,29)(H,25,27). The number of likely N-dealkylation sites (N-methyl/N-ethyl adjacent to an activating group) is 1. The first kappa shape index (κ1) is 22.8. The van der Waals surface area contributed by atoms with E-state index in [-0.39, 0.29) is 31.2 Å². The fraction of sp³-hybridized carbons (Fsp3) is 0.250. The van der Waals surface area contributed by atoms with Crippen LogP contribution in [0.3, 0.4) is 0 Å². The monoisotopic (exact) mass is 420 g/mol. The van der Waals surface area contributed by atoms with Gasteiger partial charge in [-0.15, -0.1) is 0 Å². The number of anilines is 2. The molecule has 0 saturated heterocycles. The van der Waals surface area contributed by atoms with Gasteiger partial charge in [-0.2, -0.15) is 0 Å². The lowest BCUT2D eigenvalue weighted by molar-refractivity contribution is -0.125. The summed E-state index contributed by atoms with van der Waals surface area (Å²) in [6, 6.07) is 9.72. The minimum Gasteiger partial charge on any atom is -0.497 e. The van der Waals surface area contributed by atoms with E-state index in [0.29, 0.717) is 11.4 Å². The quantitative estimate of drug-likeness (QED) is 0.572. The highest BCUT2D eigenvalue weighted by Gasteiger charge is 2.13. The smallest absolute Gasteiger partial charge is 0.243 e. The van der Waals surface area contributed by atoms with Crippen LogP contribution >= 0.6 is 0 Å². The summed E-state index contributed by atoms with van der Waals surface area (Å²) in [5.41, 5.74) is 0.660. The summed E-state index contributed by atoms with van der Waals surface area (Å²) in [6.07, 6.45) is 0. The molecular weight excluding hydrogens is 398 g/mol. The van der Waals surface area contributed by atoms with E-state index >= 15 is 0 Å². The van der Waals surface area contributed by atoms with Crippen LogP contribution < -0.4 is 20.7 Å². The molecule has 3 N–H and O–H groups in total. The highest BCUT2D eigenvalue weighted by atomic mass is 19.2. The predicted octanol–water partition coefficient (Wildman–Crippen LogP) is 1.60. The van der Waals surface area contributed by atoms with Crippen molar-refractivity contribution in [2.24, 2.45) is 0 Å². The average Bonchev–Trinajstić information content (AvgIpc) is 2.69. The largest absolute Gasteiger partial charge is 0.497 e. The Hall–Kier alpha value is -3.53. The van der Waals surface area contributed by atoms with Crippen LogP contribution in [0.1, 0.15) is 0 Å². The molecule has 0 atom stereocenters. The zero-order valence-electron chi connectivity index (χ0n) is 16.5. The Kier molecular flexibility index (Phi) is 8.24. The highest BCUT2D eigenvalue weighted by molar-refractivity contribution is 5.95. The summed E-state index contributed by atoms with van der Waals surface area (Å²) in [6.45, 7) is -0.515. The minimum absolute atomic E-state index is 0.0412. The van der Waals surface area contributed by atoms with Crippen LogP contribution in [0, 0.1) is 11.6 Å². The third-order valence-corrected chi connectivity index (χ3v) is 3.85. The number of nitrogens with one attached hydrogen (secondary N) is 3. The van der Waals surface area contributed by atoms with E-state index in [1.54, 1.807) is 38.4 Å². The van der Waals surface area contributed by atoms with E-state index in [1.807, 2.05) is 0 Å². The van der Waals surface area contributed by atoms with Gasteiger partial charge in [0.15, 0.2) is 11.6 Å². The molecular formula is C20H22F2N4O4. The van der Waals surface area contributed by atoms with E-state index in [4.69, 9.17) is 4.74 Å². The molecule has 0 aliphatic carbocycles. The van der Waals surface area contributed by atoms with E-state index in [1.165, 1.54) is 11.0 Å². The molecule has 0 aliphatic rings. The SMILES string of the molecule is COc1ccc(NC(=O)CN(C)CC(=O)NCC(=O)Nc2ccc(F)c(F)c2)cc1. The molecule has 3 amide bonds. The summed E-state index contributed by atoms with van der Waals surface area (Å²) in [4.78, 5) is 37.2. The Bertz CT molecular complexity index is 906. The summed E-state index contributed by atoms with van der Waals surface area (Å²) >= 11 is 0. The Morgan fingerprint density at radius 3 is 2.10 bits per heavy atom. The number of methoxy groups -OCH3 is 1. The Balaban J connectivity index is 1.70. The van der Waals surface area contributed by atoms with Crippen LogP contribution in [0.2, 0.25) is 0 Å². The second-order valence-corrected chi connectivity index (χ2v) is 6.40. The number of halogens is 2. The first-order valence-electron chi connectivity index (χ1n) is 8.91. The van der Waals surface area contributed by atoms with Gasteiger partial charge in [0.2, 0.25) is 17.7 Å². The fourth-order valence-corrected chi connectivity index (χ4v) is 2.43. The number of hydrogen-bond acceptors (Lipinski definition) is 5. The lowest BCUT2D eigenvalue weighted by Gasteiger charge is -2.16. The number of rotatable bonds is 9. The Labute approximate surface area is 172 Å².